The molecule has 0 saturated heterocycles. The fourth-order valence-corrected chi connectivity index (χ4v) is 4.28. The van der Waals surface area contributed by atoms with Crippen molar-refractivity contribution in [2.24, 2.45) is 5.73 Å². The number of rotatable bonds is 6. The average molecular weight is 315 g/mol. The molecule has 2 rings (SSSR count). The van der Waals surface area contributed by atoms with Gasteiger partial charge in [0.1, 0.15) is 0 Å². The van der Waals surface area contributed by atoms with Crippen LogP contribution < -0.4 is 5.73 Å². The molecule has 0 spiro atoms. The van der Waals surface area contributed by atoms with Crippen LogP contribution in [0.5, 0.6) is 0 Å². The van der Waals surface area contributed by atoms with Crippen LogP contribution in [0.4, 0.5) is 0 Å². The maximum Gasteiger partial charge on any atom is 0.262 e. The van der Waals surface area contributed by atoms with E-state index in [1.807, 2.05) is 14.1 Å². The summed E-state index contributed by atoms with van der Waals surface area (Å²) in [5.41, 5.74) is 6.86. The number of aromatic amines is 1. The molecule has 120 valence electrons. The van der Waals surface area contributed by atoms with Crippen molar-refractivity contribution < 1.29 is 8.42 Å². The van der Waals surface area contributed by atoms with Crippen molar-refractivity contribution in [1.29, 1.82) is 0 Å². The number of likely N-dealkylation sites (N-methyl/N-ethyl adjacent to an activating group) is 2. The largest absolute Gasteiger partial charge is 0.326 e. The van der Waals surface area contributed by atoms with Gasteiger partial charge in [-0.2, -0.15) is 9.40 Å². The number of hydrogen-bond donors (Lipinski definition) is 2. The van der Waals surface area contributed by atoms with Crippen LogP contribution in [0.15, 0.2) is 5.03 Å². The number of hydrogen-bond acceptors (Lipinski definition) is 5. The van der Waals surface area contributed by atoms with Crippen molar-refractivity contribution in [2.75, 3.05) is 27.7 Å². The highest BCUT2D eigenvalue weighted by atomic mass is 32.2. The van der Waals surface area contributed by atoms with Gasteiger partial charge in [0, 0.05) is 36.9 Å². The second-order valence-corrected chi connectivity index (χ2v) is 8.03. The second kappa shape index (κ2) is 5.68. The van der Waals surface area contributed by atoms with Gasteiger partial charge in [-0.1, -0.05) is 0 Å². The molecule has 1 aliphatic rings. The number of H-pyrrole nitrogens is 1. The lowest BCUT2D eigenvalue weighted by Gasteiger charge is -2.48. The predicted molar refractivity (Wildman–Crippen MR) is 81.3 cm³/mol. The van der Waals surface area contributed by atoms with E-state index in [9.17, 15) is 8.42 Å². The SMILES string of the molecule is Cc1[nH]nc(S(=O)(=O)N(C)CC2(N(C)C)CCC2)c1CN. The van der Waals surface area contributed by atoms with Crippen molar-refractivity contribution in [3.63, 3.8) is 0 Å². The van der Waals surface area contributed by atoms with Crippen molar-refractivity contribution in [1.82, 2.24) is 19.4 Å². The van der Waals surface area contributed by atoms with E-state index >= 15 is 0 Å². The van der Waals surface area contributed by atoms with Gasteiger partial charge in [-0.15, -0.1) is 0 Å². The second-order valence-electron chi connectivity index (χ2n) is 6.07. The average Bonchev–Trinajstić information content (AvgIpc) is 2.74. The minimum atomic E-state index is -3.62. The highest BCUT2D eigenvalue weighted by molar-refractivity contribution is 7.89. The number of aromatic nitrogens is 2. The molecule has 7 nitrogen and oxygen atoms in total. The van der Waals surface area contributed by atoms with Gasteiger partial charge in [0.15, 0.2) is 5.03 Å². The van der Waals surface area contributed by atoms with Gasteiger partial charge >= 0.3 is 0 Å². The Labute approximate surface area is 126 Å². The van der Waals surface area contributed by atoms with Crippen LogP contribution in [-0.4, -0.2) is 61.0 Å². The molecule has 1 aromatic heterocycles. The first-order valence-corrected chi connectivity index (χ1v) is 8.56. The molecule has 0 atom stereocenters. The van der Waals surface area contributed by atoms with E-state index < -0.39 is 10.0 Å². The first-order chi connectivity index (χ1) is 9.74. The van der Waals surface area contributed by atoms with E-state index in [-0.39, 0.29) is 17.1 Å². The molecule has 1 aliphatic carbocycles. The van der Waals surface area contributed by atoms with Crippen LogP contribution >= 0.6 is 0 Å². The first kappa shape index (κ1) is 16.4. The van der Waals surface area contributed by atoms with Crippen molar-refractivity contribution in [3.05, 3.63) is 11.3 Å². The third-order valence-corrected chi connectivity index (χ3v) is 6.42. The van der Waals surface area contributed by atoms with Gasteiger partial charge in [-0.05, 0) is 40.3 Å². The molecular weight excluding hydrogens is 290 g/mol. The molecule has 1 aromatic rings. The van der Waals surface area contributed by atoms with Crippen molar-refractivity contribution in [3.8, 4) is 0 Å². The fourth-order valence-electron chi connectivity index (χ4n) is 2.86. The van der Waals surface area contributed by atoms with Crippen LogP contribution in [0.25, 0.3) is 0 Å². The molecule has 0 radical (unpaired) electrons. The molecule has 0 unspecified atom stereocenters. The third-order valence-electron chi connectivity index (χ3n) is 4.64. The summed E-state index contributed by atoms with van der Waals surface area (Å²) in [6.45, 7) is 2.41. The summed E-state index contributed by atoms with van der Waals surface area (Å²) in [5.74, 6) is 0. The molecule has 1 heterocycles. The lowest BCUT2D eigenvalue weighted by molar-refractivity contribution is 0.0454. The summed E-state index contributed by atoms with van der Waals surface area (Å²) >= 11 is 0. The Hall–Kier alpha value is -0.960. The van der Waals surface area contributed by atoms with Crippen LogP contribution in [-0.2, 0) is 16.6 Å². The smallest absolute Gasteiger partial charge is 0.262 e. The molecule has 3 N–H and O–H groups in total. The Morgan fingerprint density at radius 2 is 1.95 bits per heavy atom. The summed E-state index contributed by atoms with van der Waals surface area (Å²) in [6.07, 6.45) is 3.17. The number of nitrogens with zero attached hydrogens (tertiary/aromatic N) is 3. The van der Waals surface area contributed by atoms with E-state index in [0.717, 1.165) is 19.3 Å². The molecule has 0 aliphatic heterocycles. The van der Waals surface area contributed by atoms with E-state index in [1.54, 1.807) is 14.0 Å². The molecule has 1 saturated carbocycles. The van der Waals surface area contributed by atoms with Gasteiger partial charge in [-0.3, -0.25) is 5.10 Å². The Bertz CT molecular complexity index is 604. The number of aryl methyl sites for hydroxylation is 1. The zero-order valence-corrected chi connectivity index (χ0v) is 14.0. The van der Waals surface area contributed by atoms with E-state index in [1.165, 1.54) is 4.31 Å². The van der Waals surface area contributed by atoms with E-state index in [4.69, 9.17) is 5.73 Å². The quantitative estimate of drug-likeness (QED) is 0.786. The minimum absolute atomic E-state index is 0.0539. The molecule has 0 bridgehead atoms. The van der Waals surface area contributed by atoms with Gasteiger partial charge in [0.05, 0.1) is 0 Å². The maximum atomic E-state index is 12.7. The Morgan fingerprint density at radius 1 is 1.33 bits per heavy atom. The molecule has 8 heteroatoms. The number of sulfonamides is 1. The molecule has 0 amide bonds. The summed E-state index contributed by atoms with van der Waals surface area (Å²) in [5, 5.41) is 6.72. The highest BCUT2D eigenvalue weighted by Gasteiger charge is 2.42. The summed E-state index contributed by atoms with van der Waals surface area (Å²) in [4.78, 5) is 2.13. The maximum absolute atomic E-state index is 12.7. The lowest BCUT2D eigenvalue weighted by atomic mass is 9.75. The van der Waals surface area contributed by atoms with E-state index in [2.05, 4.69) is 15.1 Å². The van der Waals surface area contributed by atoms with Crippen LogP contribution in [0.3, 0.4) is 0 Å². The highest BCUT2D eigenvalue weighted by Crippen LogP contribution is 2.37. The van der Waals surface area contributed by atoms with Crippen LogP contribution in [0.1, 0.15) is 30.5 Å². The molecule has 1 fully saturated rings. The van der Waals surface area contributed by atoms with Gasteiger partial charge in [0.25, 0.3) is 10.0 Å². The summed E-state index contributed by atoms with van der Waals surface area (Å²) in [6, 6.07) is 0. The Morgan fingerprint density at radius 3 is 2.38 bits per heavy atom. The molecular formula is C13H25N5O2S. The Balaban J connectivity index is 2.27. The normalized spacial score (nSPS) is 18.2. The topological polar surface area (TPSA) is 95.3 Å². The minimum Gasteiger partial charge on any atom is -0.326 e. The van der Waals surface area contributed by atoms with Crippen LogP contribution in [0, 0.1) is 6.92 Å². The standard InChI is InChI=1S/C13H25N5O2S/c1-10-11(8-14)12(16-15-10)21(19,20)18(4)9-13(17(2)3)6-5-7-13/h5-9,14H2,1-4H3,(H,15,16). The number of nitrogens with two attached hydrogens (primary N) is 1. The van der Waals surface area contributed by atoms with Crippen LogP contribution in [0.2, 0.25) is 0 Å². The van der Waals surface area contributed by atoms with Gasteiger partial charge in [0.2, 0.25) is 0 Å². The zero-order valence-electron chi connectivity index (χ0n) is 13.2. The fraction of sp³-hybridized carbons (Fsp3) is 0.769. The molecule has 0 aromatic carbocycles. The monoisotopic (exact) mass is 315 g/mol. The zero-order chi connectivity index (χ0) is 15.8. The van der Waals surface area contributed by atoms with Gasteiger partial charge in [-0.25, -0.2) is 8.42 Å². The number of nitrogens with one attached hydrogen (secondary N) is 1. The third kappa shape index (κ3) is 2.73. The first-order valence-electron chi connectivity index (χ1n) is 7.12. The Kier molecular flexibility index (Phi) is 4.44. The summed E-state index contributed by atoms with van der Waals surface area (Å²) in [7, 11) is 2.00. The molecule has 21 heavy (non-hydrogen) atoms. The van der Waals surface area contributed by atoms with Crippen molar-refractivity contribution >= 4 is 10.0 Å². The predicted octanol–water partition coefficient (Wildman–Crippen LogP) is 0.282. The van der Waals surface area contributed by atoms with E-state index in [0.29, 0.717) is 17.8 Å². The lowest BCUT2D eigenvalue weighted by Crippen LogP contribution is -2.57. The van der Waals surface area contributed by atoms with Gasteiger partial charge < -0.3 is 10.6 Å². The summed E-state index contributed by atoms with van der Waals surface area (Å²) < 4.78 is 26.9. The van der Waals surface area contributed by atoms with Crippen molar-refractivity contribution in [2.45, 2.75) is 43.3 Å².